The summed E-state index contributed by atoms with van der Waals surface area (Å²) in [5.74, 6) is -15.9. The zero-order valence-electron chi connectivity index (χ0n) is 81.2. The molecule has 130 heavy (non-hydrogen) atoms. The summed E-state index contributed by atoms with van der Waals surface area (Å²) in [5.41, 5.74) is 2.53. The molecule has 4 saturated heterocycles. The van der Waals surface area contributed by atoms with Crippen molar-refractivity contribution in [3.63, 3.8) is 0 Å². The molecular formula is C102H158N2O26. The number of carbonyl (C=O) groups excluding carboxylic acids is 10. The van der Waals surface area contributed by atoms with Crippen molar-refractivity contribution in [2.75, 3.05) is 55.7 Å². The van der Waals surface area contributed by atoms with Crippen LogP contribution >= 0.6 is 0 Å². The molecule has 2 saturated carbocycles. The number of cyclic esters (lactones) is 2. The first-order valence-electron chi connectivity index (χ1n) is 47.8. The average molecular weight is 1830 g/mol. The van der Waals surface area contributed by atoms with E-state index in [-0.39, 0.29) is 110 Å². The molecule has 0 aromatic carbocycles. The number of hydrogen-bond acceptors (Lipinski definition) is 26. The Morgan fingerprint density at radius 2 is 0.785 bits per heavy atom. The second-order valence-corrected chi connectivity index (χ2v) is 39.2. The number of piperidine rings is 2. The molecule has 8 aliphatic rings. The fourth-order valence-corrected chi connectivity index (χ4v) is 20.2. The van der Waals surface area contributed by atoms with Crippen molar-refractivity contribution >= 4 is 58.5 Å². The van der Waals surface area contributed by atoms with Gasteiger partial charge in [-0.05, 0) is 214 Å². The van der Waals surface area contributed by atoms with Crippen LogP contribution < -0.4 is 0 Å². The van der Waals surface area contributed by atoms with Crippen molar-refractivity contribution in [3.05, 3.63) is 95.2 Å². The number of aliphatic hydroxyl groups excluding tert-OH is 4. The van der Waals surface area contributed by atoms with Gasteiger partial charge in [0.25, 0.3) is 23.4 Å². The Morgan fingerprint density at radius 3 is 1.12 bits per heavy atom. The van der Waals surface area contributed by atoms with E-state index < -0.39 is 168 Å². The molecule has 6 N–H and O–H groups in total. The number of allylic oxidation sites excluding steroid dienone is 12. The summed E-state index contributed by atoms with van der Waals surface area (Å²) >= 11 is 0. The van der Waals surface area contributed by atoms with E-state index >= 15 is 0 Å². The number of amides is 2. The number of rotatable bonds is 12. The number of ether oxygens (including phenoxy) is 10. The minimum absolute atomic E-state index is 0.0193. The number of nitrogens with zero attached hydrogens (tertiary/aromatic N) is 2. The van der Waals surface area contributed by atoms with Gasteiger partial charge in [0.2, 0.25) is 11.6 Å². The van der Waals surface area contributed by atoms with Crippen molar-refractivity contribution in [1.82, 2.24) is 9.80 Å². The zero-order chi connectivity index (χ0) is 96.3. The van der Waals surface area contributed by atoms with E-state index in [1.165, 1.54) is 24.0 Å². The van der Waals surface area contributed by atoms with E-state index in [9.17, 15) is 78.6 Å². The summed E-state index contributed by atoms with van der Waals surface area (Å²) in [5, 5.41) is 67.7. The Balaban J connectivity index is 0.000000356. The molecular weight excluding hydrogens is 1670 g/mol. The predicted octanol–water partition coefficient (Wildman–Crippen LogP) is 12.4. The van der Waals surface area contributed by atoms with Crippen LogP contribution in [0.3, 0.4) is 0 Å². The van der Waals surface area contributed by atoms with E-state index in [0.717, 1.165) is 24.0 Å². The SMILES string of the molecule is CO[C@H]1C[C@@H]2CC[C@@H](C)[C@@](O)(O2)C(=O)C(=O)N2CCCC[C@H]2C(=O)O[C@H]([C@H](C)C[C@@H]2CC[C@@H](O)[C@H](OC)C2)CC(=O)[C@H](C)/C=C(\C)[C@@H](O)[C@@H](OC)C(=O)[C@H](C)C[C@H](C)/C=C/C=C/C=C/1C.CO[C@H]1C[C@@H]2CC[C@@H](C)[C@@](O)(O2)C(=O)C(=O)N2CCCC[C@H]2C(=O)O[C@H]([C@H](C)C[C@@H]2CC[C@@H](O)[C@H](OC)C2)CC(=O)[C@H](C)/C=C(\C)[C@@H](O)[C@@H](OC)C(=O)[C@H](C)C[C@H](C)/C=C/C=C/C=C/1C. The minimum atomic E-state index is -2.43. The minimum Gasteiger partial charge on any atom is -0.460 e. The molecule has 0 spiro atoms. The van der Waals surface area contributed by atoms with Gasteiger partial charge in [-0.2, -0.15) is 0 Å². The number of methoxy groups -OCH3 is 6. The van der Waals surface area contributed by atoms with E-state index in [4.69, 9.17) is 47.4 Å². The predicted molar refractivity (Wildman–Crippen MR) is 490 cm³/mol. The quantitative estimate of drug-likeness (QED) is 0.0600. The van der Waals surface area contributed by atoms with Gasteiger partial charge in [0.05, 0.1) is 48.8 Å². The molecule has 0 radical (unpaired) electrons. The summed E-state index contributed by atoms with van der Waals surface area (Å²) in [7, 11) is 9.04. The molecule has 2 amide bonds. The van der Waals surface area contributed by atoms with Crippen molar-refractivity contribution in [2.24, 2.45) is 71.0 Å². The molecule has 732 valence electrons. The van der Waals surface area contributed by atoms with Gasteiger partial charge < -0.3 is 87.8 Å². The van der Waals surface area contributed by atoms with E-state index in [1.807, 2.05) is 116 Å². The van der Waals surface area contributed by atoms with Gasteiger partial charge in [-0.15, -0.1) is 0 Å². The third-order valence-electron chi connectivity index (χ3n) is 29.0. The van der Waals surface area contributed by atoms with E-state index in [2.05, 4.69) is 0 Å². The normalized spacial score (nSPS) is 40.4. The van der Waals surface area contributed by atoms with Gasteiger partial charge in [0.15, 0.2) is 11.6 Å². The molecule has 28 nitrogen and oxygen atoms in total. The average Bonchev–Trinajstić information content (AvgIpc) is 0.774. The Kier molecular flexibility index (Phi) is 44.4. The van der Waals surface area contributed by atoms with E-state index in [1.54, 1.807) is 82.1 Å². The molecule has 30 atom stereocenters. The molecule has 0 aromatic heterocycles. The first-order valence-corrected chi connectivity index (χ1v) is 47.8. The fourth-order valence-electron chi connectivity index (χ4n) is 20.2. The summed E-state index contributed by atoms with van der Waals surface area (Å²) in [6.07, 6.45) is 22.4. The Labute approximate surface area is 772 Å². The summed E-state index contributed by atoms with van der Waals surface area (Å²) in [6, 6.07) is -2.28. The lowest BCUT2D eigenvalue weighted by Gasteiger charge is -2.42. The molecule has 6 heterocycles. The maximum atomic E-state index is 14.4. The van der Waals surface area contributed by atoms with Crippen LogP contribution in [-0.4, -0.2) is 264 Å². The molecule has 4 bridgehead atoms. The fraction of sp³-hybridized carbons (Fsp3) is 0.745. The van der Waals surface area contributed by atoms with Gasteiger partial charge in [-0.3, -0.25) is 38.4 Å². The number of Topliss-reactive ketones (excluding diaryl/α,β-unsaturated/α-hetero) is 6. The number of aliphatic hydroxyl groups is 6. The summed E-state index contributed by atoms with van der Waals surface area (Å²) in [4.78, 5) is 144. The number of carbonyl (C=O) groups is 10. The molecule has 0 unspecified atom stereocenters. The highest BCUT2D eigenvalue weighted by molar-refractivity contribution is 6.39. The lowest BCUT2D eigenvalue weighted by molar-refractivity contribution is -0.265. The first-order chi connectivity index (χ1) is 61.5. The molecule has 28 heteroatoms. The second-order valence-electron chi connectivity index (χ2n) is 39.2. The van der Waals surface area contributed by atoms with Crippen molar-refractivity contribution < 1.29 is 126 Å². The molecule has 0 aromatic rings. The van der Waals surface area contributed by atoms with Gasteiger partial charge in [0, 0.05) is 117 Å². The van der Waals surface area contributed by atoms with Crippen LogP contribution in [0, 0.1) is 71.0 Å². The number of fused-ring (bicyclic) bond motifs is 6. The lowest BCUT2D eigenvalue weighted by Crippen LogP contribution is -2.61. The summed E-state index contributed by atoms with van der Waals surface area (Å²) < 4.78 is 58.7. The molecule has 2 aliphatic carbocycles. The number of ketones is 6. The van der Waals surface area contributed by atoms with Crippen molar-refractivity contribution in [3.8, 4) is 0 Å². The molecule has 6 aliphatic heterocycles. The van der Waals surface area contributed by atoms with Gasteiger partial charge in [-0.1, -0.05) is 142 Å². The summed E-state index contributed by atoms with van der Waals surface area (Å²) in [6.45, 7) is 25.5. The lowest BCUT2D eigenvalue weighted by atomic mass is 9.78. The largest absolute Gasteiger partial charge is 0.460 e. The van der Waals surface area contributed by atoms with E-state index in [0.29, 0.717) is 127 Å². The standard InChI is InChI=1S/2C51H79NO13/c2*1-30-16-12-11-13-17-31(2)42(61-8)28-38-21-19-36(7)51(60,65-38)48(57)49(58)52-23-15-14-18-39(52)50(59)64-43(33(4)26-37-20-22-40(53)44(27-37)62-9)29-41(54)32(3)25-35(6)46(56)47(63-10)45(55)34(5)24-30/h2*11-13,16-17,25,30,32-34,36-40,42-44,46-47,53,56,60H,14-15,18-24,26-29H2,1-10H3/b2*13-11+,16-12+,31-17+,35-25+/t2*30-,32-,33-,34-,36-,37+,38+,39+,40-,42+,43+,44-,46-,47+,51-/m11/s1. The van der Waals surface area contributed by atoms with Crippen molar-refractivity contribution in [1.29, 1.82) is 0 Å². The highest BCUT2D eigenvalue weighted by atomic mass is 16.6. The van der Waals surface area contributed by atoms with Crippen LogP contribution in [0.2, 0.25) is 0 Å². The first kappa shape index (κ1) is 110. The third kappa shape index (κ3) is 30.1. The van der Waals surface area contributed by atoms with Gasteiger partial charge >= 0.3 is 11.9 Å². The molecule has 8 rings (SSSR count). The molecule has 6 fully saturated rings. The monoisotopic (exact) mass is 1830 g/mol. The highest BCUT2D eigenvalue weighted by Gasteiger charge is 2.56. The van der Waals surface area contributed by atoms with Crippen LogP contribution in [0.25, 0.3) is 0 Å². The highest BCUT2D eigenvalue weighted by Crippen LogP contribution is 2.42. The van der Waals surface area contributed by atoms with Crippen LogP contribution in [-0.2, 0) is 95.3 Å². The Morgan fingerprint density at radius 1 is 0.423 bits per heavy atom. The van der Waals surface area contributed by atoms with Crippen LogP contribution in [0.4, 0.5) is 0 Å². The number of hydrogen-bond donors (Lipinski definition) is 6. The Bertz CT molecular complexity index is 3760. The van der Waals surface area contributed by atoms with Crippen LogP contribution in [0.1, 0.15) is 251 Å². The van der Waals surface area contributed by atoms with Crippen LogP contribution in [0.5, 0.6) is 0 Å². The third-order valence-corrected chi connectivity index (χ3v) is 29.0. The topological polar surface area (TPSA) is 391 Å². The second kappa shape index (κ2) is 52.4. The maximum Gasteiger partial charge on any atom is 0.329 e. The van der Waals surface area contributed by atoms with Gasteiger partial charge in [-0.25, -0.2) is 9.59 Å². The number of esters is 2. The zero-order valence-corrected chi connectivity index (χ0v) is 81.2. The Hall–Kier alpha value is -6.74. The smallest absolute Gasteiger partial charge is 0.329 e. The van der Waals surface area contributed by atoms with Crippen molar-refractivity contribution in [2.45, 2.75) is 360 Å². The van der Waals surface area contributed by atoms with Crippen LogP contribution in [0.15, 0.2) is 95.2 Å². The van der Waals surface area contributed by atoms with Gasteiger partial charge in [0.1, 0.15) is 60.3 Å². The maximum absolute atomic E-state index is 14.4.